The molecule has 0 unspecified atom stereocenters. The van der Waals surface area contributed by atoms with E-state index in [9.17, 15) is 9.90 Å². The fourth-order valence-electron chi connectivity index (χ4n) is 2.41. The van der Waals surface area contributed by atoms with Crippen LogP contribution in [0.5, 0.6) is 5.88 Å². The van der Waals surface area contributed by atoms with Gasteiger partial charge in [-0.2, -0.15) is 0 Å². The van der Waals surface area contributed by atoms with E-state index in [0.717, 1.165) is 21.7 Å². The van der Waals surface area contributed by atoms with Crippen molar-refractivity contribution in [3.8, 4) is 5.88 Å². The minimum atomic E-state index is -0.204. The first-order chi connectivity index (χ1) is 7.75. The topological polar surface area (TPSA) is 66.0 Å². The molecule has 4 heteroatoms. The quantitative estimate of drug-likeness (QED) is 0.465. The van der Waals surface area contributed by atoms with E-state index >= 15 is 0 Å². The van der Waals surface area contributed by atoms with Gasteiger partial charge in [-0.05, 0) is 24.3 Å². The molecule has 2 aromatic carbocycles. The zero-order chi connectivity index (χ0) is 10.9. The predicted octanol–water partition coefficient (Wildman–Crippen LogP) is 1.81. The number of aromatic hydroxyl groups is 1. The van der Waals surface area contributed by atoms with Crippen LogP contribution in [0.1, 0.15) is 0 Å². The summed E-state index contributed by atoms with van der Waals surface area (Å²) in [6, 6.07) is 7.09. The van der Waals surface area contributed by atoms with Crippen LogP contribution in [0.2, 0.25) is 0 Å². The van der Waals surface area contributed by atoms with Crippen molar-refractivity contribution in [2.75, 3.05) is 0 Å². The summed E-state index contributed by atoms with van der Waals surface area (Å²) in [4.78, 5) is 18.5. The summed E-state index contributed by atoms with van der Waals surface area (Å²) in [6.07, 6.45) is 0. The second-order valence-electron chi connectivity index (χ2n) is 3.93. The number of nitrogens with zero attached hydrogens (tertiary/aromatic N) is 1. The summed E-state index contributed by atoms with van der Waals surface area (Å²) >= 11 is 0. The summed E-state index contributed by atoms with van der Waals surface area (Å²) < 4.78 is 0. The summed E-state index contributed by atoms with van der Waals surface area (Å²) in [7, 11) is 0. The lowest BCUT2D eigenvalue weighted by molar-refractivity contribution is 0.464. The summed E-state index contributed by atoms with van der Waals surface area (Å²) in [5, 5.41) is 12.8. The standard InChI is InChI=1S/C12H6N2O2/c15-11-5-1-2-6-10-8(14-12(6)16)4-3-7(13-11)9(5)10/h1-4,13,15H. The molecular weight excluding hydrogens is 204 g/mol. The van der Waals surface area contributed by atoms with Gasteiger partial charge in [0.15, 0.2) is 5.88 Å². The third-order valence-electron chi connectivity index (χ3n) is 3.10. The van der Waals surface area contributed by atoms with Crippen LogP contribution in [-0.4, -0.2) is 15.1 Å². The Kier molecular flexibility index (Phi) is 1.10. The van der Waals surface area contributed by atoms with Crippen molar-refractivity contribution < 1.29 is 5.11 Å². The molecular formula is C12H6N2O2. The van der Waals surface area contributed by atoms with Gasteiger partial charge in [-0.25, -0.2) is 4.98 Å². The van der Waals surface area contributed by atoms with Gasteiger partial charge in [0.1, 0.15) is 0 Å². The summed E-state index contributed by atoms with van der Waals surface area (Å²) in [5.41, 5.74) is 1.32. The Labute approximate surface area is 88.8 Å². The molecule has 0 fully saturated rings. The molecule has 0 saturated heterocycles. The van der Waals surface area contributed by atoms with Gasteiger partial charge in [0.25, 0.3) is 5.56 Å². The smallest absolute Gasteiger partial charge is 0.278 e. The van der Waals surface area contributed by atoms with Crippen LogP contribution in [0.25, 0.3) is 32.6 Å². The molecule has 2 aromatic heterocycles. The largest absolute Gasteiger partial charge is 0.494 e. The first-order valence-corrected chi connectivity index (χ1v) is 4.95. The van der Waals surface area contributed by atoms with Crippen LogP contribution in [0, 0.1) is 0 Å². The molecule has 2 N–H and O–H groups in total. The van der Waals surface area contributed by atoms with E-state index in [4.69, 9.17) is 0 Å². The van der Waals surface area contributed by atoms with Crippen molar-refractivity contribution in [3.63, 3.8) is 0 Å². The highest BCUT2D eigenvalue weighted by Gasteiger charge is 2.16. The average Bonchev–Trinajstić information content (AvgIpc) is 2.76. The summed E-state index contributed by atoms with van der Waals surface area (Å²) in [5.74, 6) is 0.137. The van der Waals surface area contributed by atoms with Crippen LogP contribution in [-0.2, 0) is 0 Å². The van der Waals surface area contributed by atoms with Crippen molar-refractivity contribution in [2.24, 2.45) is 0 Å². The fraction of sp³-hybridized carbons (Fsp3) is 0. The highest BCUT2D eigenvalue weighted by Crippen LogP contribution is 2.36. The van der Waals surface area contributed by atoms with Gasteiger partial charge < -0.3 is 10.1 Å². The zero-order valence-corrected chi connectivity index (χ0v) is 8.11. The first kappa shape index (κ1) is 7.87. The molecule has 0 bridgehead atoms. The van der Waals surface area contributed by atoms with E-state index in [0.29, 0.717) is 10.9 Å². The minimum Gasteiger partial charge on any atom is -0.494 e. The molecule has 4 aromatic rings. The van der Waals surface area contributed by atoms with Gasteiger partial charge in [-0.1, -0.05) is 0 Å². The Morgan fingerprint density at radius 1 is 1.06 bits per heavy atom. The van der Waals surface area contributed by atoms with Crippen LogP contribution in [0.3, 0.4) is 0 Å². The average molecular weight is 210 g/mol. The minimum absolute atomic E-state index is 0.137. The van der Waals surface area contributed by atoms with E-state index in [1.807, 2.05) is 6.07 Å². The molecule has 0 atom stereocenters. The normalized spacial score (nSPS) is 12.2. The molecule has 2 heterocycles. The molecule has 0 saturated carbocycles. The Morgan fingerprint density at radius 2 is 1.88 bits per heavy atom. The number of benzene rings is 2. The third kappa shape index (κ3) is 0.692. The van der Waals surface area contributed by atoms with Crippen LogP contribution in [0.4, 0.5) is 0 Å². The van der Waals surface area contributed by atoms with Crippen LogP contribution in [0.15, 0.2) is 29.1 Å². The maximum absolute atomic E-state index is 11.6. The molecule has 16 heavy (non-hydrogen) atoms. The van der Waals surface area contributed by atoms with Crippen molar-refractivity contribution >= 4 is 32.6 Å². The lowest BCUT2D eigenvalue weighted by Crippen LogP contribution is -1.95. The molecule has 0 spiro atoms. The Hall–Kier alpha value is -2.36. The molecule has 4 nitrogen and oxygen atoms in total. The molecule has 4 rings (SSSR count). The van der Waals surface area contributed by atoms with Gasteiger partial charge >= 0.3 is 0 Å². The molecule has 0 aliphatic heterocycles. The number of aromatic nitrogens is 2. The second kappa shape index (κ2) is 2.24. The highest BCUT2D eigenvalue weighted by molar-refractivity contribution is 6.23. The van der Waals surface area contributed by atoms with E-state index in [2.05, 4.69) is 9.97 Å². The third-order valence-corrected chi connectivity index (χ3v) is 3.10. The van der Waals surface area contributed by atoms with E-state index < -0.39 is 0 Å². The number of H-pyrrole nitrogens is 1. The fourth-order valence-corrected chi connectivity index (χ4v) is 2.41. The zero-order valence-electron chi connectivity index (χ0n) is 8.11. The maximum atomic E-state index is 11.6. The van der Waals surface area contributed by atoms with Crippen molar-refractivity contribution in [3.05, 3.63) is 34.6 Å². The Bertz CT molecular complexity index is 879. The van der Waals surface area contributed by atoms with Crippen molar-refractivity contribution in [1.29, 1.82) is 0 Å². The van der Waals surface area contributed by atoms with Gasteiger partial charge in [-0.3, -0.25) is 4.79 Å². The molecule has 76 valence electrons. The molecule has 0 amide bonds. The number of nitrogens with one attached hydrogen (secondary N) is 1. The van der Waals surface area contributed by atoms with Gasteiger partial charge in [0, 0.05) is 21.7 Å². The van der Waals surface area contributed by atoms with Crippen molar-refractivity contribution in [2.45, 2.75) is 0 Å². The van der Waals surface area contributed by atoms with Gasteiger partial charge in [0.05, 0.1) is 10.9 Å². The number of rotatable bonds is 0. The van der Waals surface area contributed by atoms with Crippen molar-refractivity contribution in [1.82, 2.24) is 9.97 Å². The Morgan fingerprint density at radius 3 is 2.75 bits per heavy atom. The summed E-state index contributed by atoms with van der Waals surface area (Å²) in [6.45, 7) is 0. The maximum Gasteiger partial charge on any atom is 0.278 e. The Balaban J connectivity index is 2.56. The van der Waals surface area contributed by atoms with Gasteiger partial charge in [0.2, 0.25) is 0 Å². The second-order valence-corrected chi connectivity index (χ2v) is 3.93. The predicted molar refractivity (Wildman–Crippen MR) is 61.4 cm³/mol. The van der Waals surface area contributed by atoms with Crippen LogP contribution >= 0.6 is 0 Å². The first-order valence-electron chi connectivity index (χ1n) is 4.95. The number of hydrogen-bond acceptors (Lipinski definition) is 3. The molecule has 0 radical (unpaired) electrons. The lowest BCUT2D eigenvalue weighted by atomic mass is 10.0. The SMILES string of the molecule is O=c1nc2ccc3[nH]c(O)c4ccc1c2c34. The molecule has 0 aliphatic carbocycles. The van der Waals surface area contributed by atoms with E-state index in [1.54, 1.807) is 18.2 Å². The van der Waals surface area contributed by atoms with E-state index in [1.165, 1.54) is 0 Å². The van der Waals surface area contributed by atoms with Gasteiger partial charge in [-0.15, -0.1) is 0 Å². The highest BCUT2D eigenvalue weighted by atomic mass is 16.3. The monoisotopic (exact) mass is 210 g/mol. The lowest BCUT2D eigenvalue weighted by Gasteiger charge is -1.96. The number of hydrogen-bond donors (Lipinski definition) is 2. The van der Waals surface area contributed by atoms with E-state index in [-0.39, 0.29) is 11.4 Å². The van der Waals surface area contributed by atoms with Crippen LogP contribution < -0.4 is 5.56 Å². The number of aromatic amines is 1. The molecule has 0 aliphatic rings.